The summed E-state index contributed by atoms with van der Waals surface area (Å²) in [5, 5.41) is 3.67. The Labute approximate surface area is 122 Å². The van der Waals surface area contributed by atoms with Crippen LogP contribution in [0.4, 0.5) is 0 Å². The molecule has 1 aromatic rings. The summed E-state index contributed by atoms with van der Waals surface area (Å²) in [5.41, 5.74) is 1.12. The van der Waals surface area contributed by atoms with Gasteiger partial charge >= 0.3 is 0 Å². The van der Waals surface area contributed by atoms with Gasteiger partial charge in [-0.1, -0.05) is 36.5 Å². The topological polar surface area (TPSA) is 15.3 Å². The number of nitrogens with zero attached hydrogens (tertiary/aromatic N) is 1. The molecule has 2 heteroatoms. The third-order valence-electron chi connectivity index (χ3n) is 4.26. The molecule has 1 aliphatic heterocycles. The first-order chi connectivity index (χ1) is 9.92. The molecule has 2 aliphatic rings. The average molecular weight is 268 g/mol. The molecule has 1 N–H and O–H groups in total. The van der Waals surface area contributed by atoms with Crippen LogP contribution in [0.2, 0.25) is 0 Å². The number of hydrogen-bond acceptors (Lipinski definition) is 2. The van der Waals surface area contributed by atoms with Gasteiger partial charge in [0, 0.05) is 24.2 Å². The first-order valence-corrected chi connectivity index (χ1v) is 7.93. The number of piperidine rings is 1. The van der Waals surface area contributed by atoms with Crippen molar-refractivity contribution in [3.63, 3.8) is 0 Å². The summed E-state index contributed by atoms with van der Waals surface area (Å²) in [7, 11) is 0. The van der Waals surface area contributed by atoms with Crippen LogP contribution in [0.3, 0.4) is 0 Å². The first kappa shape index (κ1) is 13.7. The van der Waals surface area contributed by atoms with Crippen LogP contribution in [0.25, 0.3) is 0 Å². The zero-order chi connectivity index (χ0) is 13.6. The molecule has 1 aliphatic carbocycles. The smallest absolute Gasteiger partial charge is 0.0608 e. The van der Waals surface area contributed by atoms with Crippen molar-refractivity contribution in [2.24, 2.45) is 0 Å². The van der Waals surface area contributed by atoms with Crippen LogP contribution in [0, 0.1) is 11.8 Å². The molecule has 1 aromatic carbocycles. The third-order valence-corrected chi connectivity index (χ3v) is 4.26. The van der Waals surface area contributed by atoms with Crippen LogP contribution in [0.1, 0.15) is 37.7 Å². The summed E-state index contributed by atoms with van der Waals surface area (Å²) < 4.78 is 0. The summed E-state index contributed by atoms with van der Waals surface area (Å²) in [5.74, 6) is 6.63. The number of likely N-dealkylation sites (tertiary alicyclic amines) is 1. The van der Waals surface area contributed by atoms with Crippen molar-refractivity contribution in [1.82, 2.24) is 10.2 Å². The second-order valence-corrected chi connectivity index (χ2v) is 5.97. The van der Waals surface area contributed by atoms with E-state index in [1.165, 1.54) is 38.6 Å². The highest BCUT2D eigenvalue weighted by Gasteiger charge is 2.25. The molecule has 3 rings (SSSR count). The molecular weight excluding hydrogens is 244 g/mol. The fourth-order valence-corrected chi connectivity index (χ4v) is 2.85. The Kier molecular flexibility index (Phi) is 4.73. The van der Waals surface area contributed by atoms with E-state index >= 15 is 0 Å². The highest BCUT2D eigenvalue weighted by atomic mass is 15.2. The largest absolute Gasteiger partial charge is 0.312 e. The number of rotatable bonds is 4. The van der Waals surface area contributed by atoms with Gasteiger partial charge in [0.05, 0.1) is 6.54 Å². The van der Waals surface area contributed by atoms with Crippen molar-refractivity contribution in [2.75, 3.05) is 19.6 Å². The van der Waals surface area contributed by atoms with Gasteiger partial charge in [0.1, 0.15) is 0 Å². The molecule has 20 heavy (non-hydrogen) atoms. The summed E-state index contributed by atoms with van der Waals surface area (Å²) in [6, 6.07) is 11.8. The lowest BCUT2D eigenvalue weighted by Gasteiger charge is -2.34. The van der Waals surface area contributed by atoms with Gasteiger partial charge in [-0.05, 0) is 44.4 Å². The van der Waals surface area contributed by atoms with Crippen LogP contribution in [0.5, 0.6) is 0 Å². The highest BCUT2D eigenvalue weighted by molar-refractivity contribution is 5.33. The quantitative estimate of drug-likeness (QED) is 0.845. The fourth-order valence-electron chi connectivity index (χ4n) is 2.85. The van der Waals surface area contributed by atoms with E-state index in [-0.39, 0.29) is 0 Å². The Balaban J connectivity index is 1.52. The van der Waals surface area contributed by atoms with Gasteiger partial charge in [-0.25, -0.2) is 0 Å². The maximum Gasteiger partial charge on any atom is 0.0608 e. The van der Waals surface area contributed by atoms with Crippen molar-refractivity contribution >= 4 is 0 Å². The minimum Gasteiger partial charge on any atom is -0.312 e. The van der Waals surface area contributed by atoms with Gasteiger partial charge in [0.25, 0.3) is 0 Å². The lowest BCUT2D eigenvalue weighted by molar-refractivity contribution is 0.164. The number of hydrogen-bond donors (Lipinski definition) is 1. The van der Waals surface area contributed by atoms with E-state index in [0.717, 1.165) is 24.7 Å². The minimum absolute atomic E-state index is 0.689. The Hall–Kier alpha value is -1.30. The van der Waals surface area contributed by atoms with Crippen LogP contribution in [-0.4, -0.2) is 36.6 Å². The molecule has 0 radical (unpaired) electrons. The Bertz CT molecular complexity index is 467. The second-order valence-electron chi connectivity index (χ2n) is 5.97. The van der Waals surface area contributed by atoms with Crippen molar-refractivity contribution in [3.05, 3.63) is 35.9 Å². The van der Waals surface area contributed by atoms with E-state index in [9.17, 15) is 0 Å². The molecule has 1 atom stereocenters. The van der Waals surface area contributed by atoms with E-state index in [1.807, 2.05) is 18.2 Å². The molecule has 0 bridgehead atoms. The van der Waals surface area contributed by atoms with Crippen LogP contribution in [-0.2, 0) is 0 Å². The van der Waals surface area contributed by atoms with Crippen molar-refractivity contribution in [2.45, 2.75) is 44.2 Å². The summed E-state index contributed by atoms with van der Waals surface area (Å²) in [6.07, 6.45) is 6.78. The molecule has 1 unspecified atom stereocenters. The summed E-state index contributed by atoms with van der Waals surface area (Å²) in [4.78, 5) is 2.56. The first-order valence-electron chi connectivity index (χ1n) is 7.93. The number of nitrogens with one attached hydrogen (secondary N) is 1. The van der Waals surface area contributed by atoms with Gasteiger partial charge in [-0.3, -0.25) is 4.90 Å². The molecule has 106 valence electrons. The lowest BCUT2D eigenvalue weighted by atomic mass is 10.0. The molecular formula is C18H24N2. The van der Waals surface area contributed by atoms with Crippen LogP contribution < -0.4 is 5.32 Å². The maximum atomic E-state index is 3.67. The van der Waals surface area contributed by atoms with Gasteiger partial charge in [0.2, 0.25) is 0 Å². The van der Waals surface area contributed by atoms with E-state index < -0.39 is 0 Å². The minimum atomic E-state index is 0.689. The molecule has 0 amide bonds. The molecule has 0 aromatic heterocycles. The SMILES string of the molecule is C(#Cc1ccccc1)CN1CCCCC1CNC1CC1. The second kappa shape index (κ2) is 6.92. The molecule has 1 saturated heterocycles. The normalized spacial score (nSPS) is 23.1. The van der Waals surface area contributed by atoms with Crippen molar-refractivity contribution < 1.29 is 0 Å². The molecule has 2 nitrogen and oxygen atoms in total. The van der Waals surface area contributed by atoms with Crippen molar-refractivity contribution in [3.8, 4) is 11.8 Å². The van der Waals surface area contributed by atoms with Gasteiger partial charge in [-0.15, -0.1) is 0 Å². The van der Waals surface area contributed by atoms with Crippen LogP contribution in [0.15, 0.2) is 30.3 Å². The molecule has 2 fully saturated rings. The van der Waals surface area contributed by atoms with Crippen molar-refractivity contribution in [1.29, 1.82) is 0 Å². The van der Waals surface area contributed by atoms with E-state index in [1.54, 1.807) is 0 Å². The van der Waals surface area contributed by atoms with Gasteiger partial charge < -0.3 is 5.32 Å². The predicted octanol–water partition coefficient (Wildman–Crippen LogP) is 2.64. The fraction of sp³-hybridized carbons (Fsp3) is 0.556. The molecule has 1 saturated carbocycles. The number of benzene rings is 1. The average Bonchev–Trinajstić information content (AvgIpc) is 3.32. The maximum absolute atomic E-state index is 3.67. The summed E-state index contributed by atoms with van der Waals surface area (Å²) in [6.45, 7) is 3.27. The summed E-state index contributed by atoms with van der Waals surface area (Å²) >= 11 is 0. The van der Waals surface area contributed by atoms with E-state index in [2.05, 4.69) is 34.2 Å². The monoisotopic (exact) mass is 268 g/mol. The zero-order valence-corrected chi connectivity index (χ0v) is 12.1. The standard InChI is InChI=1S/C18H24N2/c1-2-7-16(8-3-1)9-6-14-20-13-5-4-10-18(20)15-19-17-11-12-17/h1-3,7-8,17-19H,4-5,10-15H2. The highest BCUT2D eigenvalue weighted by Crippen LogP contribution is 2.21. The molecule has 1 heterocycles. The predicted molar refractivity (Wildman–Crippen MR) is 83.6 cm³/mol. The third kappa shape index (κ3) is 4.10. The Morgan fingerprint density at radius 3 is 2.75 bits per heavy atom. The Morgan fingerprint density at radius 1 is 1.10 bits per heavy atom. The van der Waals surface area contributed by atoms with E-state index in [4.69, 9.17) is 0 Å². The van der Waals surface area contributed by atoms with Gasteiger partial charge in [0.15, 0.2) is 0 Å². The zero-order valence-electron chi connectivity index (χ0n) is 12.1. The van der Waals surface area contributed by atoms with Crippen LogP contribution >= 0.6 is 0 Å². The Morgan fingerprint density at radius 2 is 1.95 bits per heavy atom. The lowest BCUT2D eigenvalue weighted by Crippen LogP contribution is -2.46. The van der Waals surface area contributed by atoms with Gasteiger partial charge in [-0.2, -0.15) is 0 Å². The molecule has 0 spiro atoms. The van der Waals surface area contributed by atoms with E-state index in [0.29, 0.717) is 6.04 Å².